The number of aliphatic imine (C=N–C) groups is 1. The van der Waals surface area contributed by atoms with E-state index in [-0.39, 0.29) is 0 Å². The van der Waals surface area contributed by atoms with Crippen molar-refractivity contribution in [1.29, 1.82) is 0 Å². The molecular formula is C62H56Br2N4O. The van der Waals surface area contributed by atoms with Gasteiger partial charge in [0.1, 0.15) is 0 Å². The van der Waals surface area contributed by atoms with Crippen LogP contribution in [0.1, 0.15) is 113 Å². The highest BCUT2D eigenvalue weighted by atomic mass is 79.9. The average molecular weight is 1030 g/mol. The van der Waals surface area contributed by atoms with Crippen LogP contribution in [0.4, 0.5) is 0 Å². The van der Waals surface area contributed by atoms with Crippen molar-refractivity contribution in [2.45, 2.75) is 81.1 Å². The van der Waals surface area contributed by atoms with Crippen LogP contribution in [0.5, 0.6) is 0 Å². The quantitative estimate of drug-likeness (QED) is 0.143. The van der Waals surface area contributed by atoms with Crippen LogP contribution in [0, 0.1) is 41.5 Å². The number of halogens is 2. The summed E-state index contributed by atoms with van der Waals surface area (Å²) in [6.07, 6.45) is 9.54. The van der Waals surface area contributed by atoms with Gasteiger partial charge in [-0.2, -0.15) is 0 Å². The molecule has 0 saturated carbocycles. The van der Waals surface area contributed by atoms with Crippen LogP contribution >= 0.6 is 31.9 Å². The summed E-state index contributed by atoms with van der Waals surface area (Å²) in [5.74, 6) is 0. The van der Waals surface area contributed by atoms with Crippen molar-refractivity contribution >= 4 is 66.4 Å². The molecule has 3 aromatic heterocycles. The zero-order valence-electron chi connectivity index (χ0n) is 40.6. The second-order valence-corrected chi connectivity index (χ2v) is 20.7. The highest BCUT2D eigenvalue weighted by Gasteiger charge is 2.28. The van der Waals surface area contributed by atoms with Crippen LogP contribution in [-0.2, 0) is 25.7 Å². The number of nitrogens with zero attached hydrogens (tertiary/aromatic N) is 1. The van der Waals surface area contributed by atoms with Crippen LogP contribution in [-0.4, -0.2) is 26.9 Å². The molecular weight excluding hydrogens is 977 g/mol. The smallest absolute Gasteiger partial charge is 0.166 e. The summed E-state index contributed by atoms with van der Waals surface area (Å²) < 4.78 is 2.09. The summed E-state index contributed by atoms with van der Waals surface area (Å²) in [7, 11) is 0. The van der Waals surface area contributed by atoms with Gasteiger partial charge in [0.25, 0.3) is 0 Å². The van der Waals surface area contributed by atoms with Gasteiger partial charge in [0.2, 0.25) is 0 Å². The van der Waals surface area contributed by atoms with E-state index in [1.54, 1.807) is 0 Å². The van der Waals surface area contributed by atoms with Gasteiger partial charge in [0.05, 0.1) is 22.8 Å². The zero-order valence-corrected chi connectivity index (χ0v) is 43.7. The molecule has 0 atom stereocenters. The zero-order chi connectivity index (χ0) is 48.2. The fourth-order valence-corrected chi connectivity index (χ4v) is 12.0. The number of aromatic amines is 3. The Morgan fingerprint density at radius 2 is 1.14 bits per heavy atom. The van der Waals surface area contributed by atoms with E-state index in [0.717, 1.165) is 68.8 Å². The molecule has 1 aliphatic heterocycles. The highest BCUT2D eigenvalue weighted by Crippen LogP contribution is 2.43. The second kappa shape index (κ2) is 18.8. The third-order valence-corrected chi connectivity index (χ3v) is 15.1. The van der Waals surface area contributed by atoms with E-state index in [0.29, 0.717) is 5.69 Å². The fraction of sp³-hybridized carbons (Fsp3) is 0.194. The minimum atomic E-state index is 0.631. The first-order chi connectivity index (χ1) is 33.3. The van der Waals surface area contributed by atoms with Crippen LogP contribution in [0.2, 0.25) is 0 Å². The molecule has 0 amide bonds. The Morgan fingerprint density at radius 3 is 1.78 bits per heavy atom. The molecule has 4 heterocycles. The second-order valence-electron chi connectivity index (χ2n) is 18.9. The topological polar surface area (TPSA) is 76.8 Å². The molecule has 0 unspecified atom stereocenters. The first-order valence-electron chi connectivity index (χ1n) is 24.0. The molecule has 12 rings (SSSR count). The summed E-state index contributed by atoms with van der Waals surface area (Å²) in [5, 5.41) is 2.03. The Labute approximate surface area is 422 Å². The molecule has 0 fully saturated rings. The predicted octanol–water partition coefficient (Wildman–Crippen LogP) is 16.7. The number of aldehydes is 1. The largest absolute Gasteiger partial charge is 0.361 e. The van der Waals surface area contributed by atoms with E-state index in [9.17, 15) is 4.79 Å². The van der Waals surface area contributed by atoms with Crippen LogP contribution in [0.15, 0.2) is 129 Å². The van der Waals surface area contributed by atoms with Crippen molar-refractivity contribution in [3.63, 3.8) is 0 Å². The van der Waals surface area contributed by atoms with E-state index >= 15 is 0 Å². The number of H-pyrrole nitrogens is 3. The number of aromatic nitrogens is 3. The van der Waals surface area contributed by atoms with Crippen molar-refractivity contribution in [2.75, 3.05) is 0 Å². The Bertz CT molecular complexity index is 3550. The van der Waals surface area contributed by atoms with Gasteiger partial charge in [-0.3, -0.25) is 4.79 Å². The summed E-state index contributed by atoms with van der Waals surface area (Å²) in [4.78, 5) is 27.0. The lowest BCUT2D eigenvalue weighted by atomic mass is 9.91. The third kappa shape index (κ3) is 8.44. The number of carbonyl (C=O) groups is 1. The maximum atomic E-state index is 11.3. The first-order valence-corrected chi connectivity index (χ1v) is 25.6. The van der Waals surface area contributed by atoms with Crippen molar-refractivity contribution in [3.05, 3.63) is 219 Å². The molecule has 9 aromatic rings. The van der Waals surface area contributed by atoms with Gasteiger partial charge in [0.15, 0.2) is 6.29 Å². The molecule has 0 saturated heterocycles. The van der Waals surface area contributed by atoms with Crippen LogP contribution < -0.4 is 0 Å². The van der Waals surface area contributed by atoms with Crippen molar-refractivity contribution in [3.8, 4) is 33.8 Å². The first kappa shape index (κ1) is 46.2. The number of hydrogen-bond acceptors (Lipinski definition) is 2. The third-order valence-electron chi connectivity index (χ3n) is 14.2. The van der Waals surface area contributed by atoms with Gasteiger partial charge < -0.3 is 15.0 Å². The molecule has 0 bridgehead atoms. The lowest BCUT2D eigenvalue weighted by Gasteiger charge is -2.12. The summed E-state index contributed by atoms with van der Waals surface area (Å²) in [5.41, 5.74) is 31.3. The van der Waals surface area contributed by atoms with E-state index < -0.39 is 0 Å². The minimum absolute atomic E-state index is 0.631. The van der Waals surface area contributed by atoms with E-state index in [2.05, 4.69) is 212 Å². The summed E-state index contributed by atoms with van der Waals surface area (Å²) in [6.45, 7) is 17.3. The summed E-state index contributed by atoms with van der Waals surface area (Å²) in [6, 6.07) is 38.8. The minimum Gasteiger partial charge on any atom is -0.361 e. The molecule has 2 aliphatic carbocycles. The maximum Gasteiger partial charge on any atom is 0.166 e. The van der Waals surface area contributed by atoms with Crippen LogP contribution in [0.3, 0.4) is 0 Å². The summed E-state index contributed by atoms with van der Waals surface area (Å²) >= 11 is 7.20. The molecule has 3 N–H and O–H groups in total. The highest BCUT2D eigenvalue weighted by molar-refractivity contribution is 9.10. The molecule has 6 aromatic carbocycles. The predicted molar refractivity (Wildman–Crippen MR) is 296 cm³/mol. The number of rotatable bonds is 6. The molecule has 7 heteroatoms. The number of carbonyl (C=O) groups excluding carboxylic acids is 1. The average Bonchev–Trinajstić information content (AvgIpc) is 4.17. The van der Waals surface area contributed by atoms with Gasteiger partial charge >= 0.3 is 0 Å². The number of benzene rings is 6. The van der Waals surface area contributed by atoms with Gasteiger partial charge in [-0.25, -0.2) is 4.99 Å². The SMILES string of the molecule is CCc1c(C=C2N=C(c3c(C)cc(C)cc3C)c3cc(Br)ccc32)[nH]c2c1Cc1ccccc1-2.CCc1c[nH]c2c1Cc1ccccc1-2.Cc1cc(C)c(-c2[nH]c(C=O)c3ccc(Br)cc23)c(C)c1. The maximum absolute atomic E-state index is 11.3. The Kier molecular flexibility index (Phi) is 12.6. The monoisotopic (exact) mass is 1030 g/mol. The van der Waals surface area contributed by atoms with Gasteiger partial charge in [-0.1, -0.05) is 142 Å². The van der Waals surface area contributed by atoms with Crippen LogP contribution in [0.25, 0.3) is 56.3 Å². The molecule has 0 radical (unpaired) electrons. The van der Waals surface area contributed by atoms with Crippen molar-refractivity contribution < 1.29 is 4.79 Å². The Balaban J connectivity index is 0.000000134. The number of fused-ring (bicyclic) bond motifs is 8. The number of nitrogens with one attached hydrogen (secondary N) is 3. The molecule has 3 aliphatic rings. The van der Waals surface area contributed by atoms with Crippen molar-refractivity contribution in [2.24, 2.45) is 4.99 Å². The van der Waals surface area contributed by atoms with E-state index in [4.69, 9.17) is 4.99 Å². The van der Waals surface area contributed by atoms with Crippen molar-refractivity contribution in [1.82, 2.24) is 15.0 Å². The Morgan fingerprint density at radius 1 is 0.565 bits per heavy atom. The van der Waals surface area contributed by atoms with Gasteiger partial charge in [-0.05, 0) is 140 Å². The molecule has 5 nitrogen and oxygen atoms in total. The molecule has 344 valence electrons. The van der Waals surface area contributed by atoms with E-state index in [1.165, 1.54) is 117 Å². The van der Waals surface area contributed by atoms with Gasteiger partial charge in [0, 0.05) is 89.2 Å². The lowest BCUT2D eigenvalue weighted by molar-refractivity contribution is 0.112. The Hall–Kier alpha value is -6.54. The number of aryl methyl sites for hydroxylation is 7. The molecule has 69 heavy (non-hydrogen) atoms. The van der Waals surface area contributed by atoms with Gasteiger partial charge in [-0.15, -0.1) is 0 Å². The number of hydrogen-bond donors (Lipinski definition) is 3. The lowest BCUT2D eigenvalue weighted by Crippen LogP contribution is -2.06. The standard InChI is InChI=1S/C31H27BrN2.C18H16BrNO.C13H13N/c1-5-22-25-14-20-8-6-7-9-23(20)30(25)33-27(22)16-28-24-11-10-21(32)15-26(24)31(34-28)29-18(3)12-17(2)13-19(29)4;1-10-6-11(2)17(12(3)7-10)18-15-8-13(19)4-5-14(15)16(9-21)20-18;1-2-9-8-14-13-11-6-4-3-5-10(11)7-12(9)13/h6-13,15-16,33H,5,14H2,1-4H3;4-9,20H,1-3H3;3-6,8,14H,2,7H2,1H3. The van der Waals surface area contributed by atoms with E-state index in [1.807, 2.05) is 12.1 Å². The molecule has 0 spiro atoms. The normalized spacial score (nSPS) is 13.2. The fourth-order valence-electron chi connectivity index (χ4n) is 11.3.